The van der Waals surface area contributed by atoms with Gasteiger partial charge in [0.1, 0.15) is 44.2 Å². The summed E-state index contributed by atoms with van der Waals surface area (Å²) in [5.41, 5.74) is 1.65. The van der Waals surface area contributed by atoms with Crippen LogP contribution < -0.4 is 31.3 Å². The van der Waals surface area contributed by atoms with E-state index >= 15 is 0 Å². The zero-order valence-electron chi connectivity index (χ0n) is 51.8. The van der Waals surface area contributed by atoms with Gasteiger partial charge in [-0.1, -0.05) is 64.2 Å². The molecule has 1 unspecified atom stereocenters. The van der Waals surface area contributed by atoms with Crippen LogP contribution in [0.2, 0.25) is 0 Å². The number of aliphatic hydroxyl groups is 1. The molecule has 6 fully saturated rings. The van der Waals surface area contributed by atoms with Gasteiger partial charge in [0.05, 0.1) is 23.1 Å². The summed E-state index contributed by atoms with van der Waals surface area (Å²) in [5, 5.41) is 47.4. The molecule has 3 aromatic rings. The maximum atomic E-state index is 14.0. The fraction of sp³-hybridized carbons (Fsp3) is 0.712. The van der Waals surface area contributed by atoms with Crippen molar-refractivity contribution in [2.45, 2.75) is 227 Å². The van der Waals surface area contributed by atoms with Crippen LogP contribution in [0.3, 0.4) is 0 Å². The summed E-state index contributed by atoms with van der Waals surface area (Å²) >= 11 is 0. The van der Waals surface area contributed by atoms with E-state index in [0.29, 0.717) is 80.7 Å². The van der Waals surface area contributed by atoms with E-state index in [1.165, 1.54) is 12.8 Å². The molecule has 22 heteroatoms. The summed E-state index contributed by atoms with van der Waals surface area (Å²) in [6.07, 6.45) is 15.5. The van der Waals surface area contributed by atoms with E-state index in [1.54, 1.807) is 18.2 Å². The number of carbonyl (C=O) groups is 5. The largest absolute Gasteiger partial charge is 0.504 e. The Morgan fingerprint density at radius 2 is 1.39 bits per heavy atom. The standard InChI is InChI=1S/C66H94F2N10O10/c1-41(2)62-75-74-42(3)78(62)50-34-48-18-19-49(35-50)77(48)31-24-51(73-63(84)45-21-25-64(67,68)26-22-45)44-13-16-47(17-14-44)71-57(82)39-86-37-55(80)69-29-9-7-5-4-6-8-10-30-70-56(81)38-87-40-58(83)72-52-23-27-66(85)54-33-46-15-20-53(79)60-59(46)65(66,61(52)88-60)28-32-76(54)36-43-11-12-43/h13-17,20,41,43,45,48-52,54,61,79,85H,4-12,18-19,21-40H2,1-3H3,(H,69,80)(H,70,81)(H,71,82)(H,72,83)(H,73,84)/t48-,49+,50?,51-,52+,54+,61-,65-,66+/m0/s1. The summed E-state index contributed by atoms with van der Waals surface area (Å²) in [4.78, 5) is 69.9. The number of piperidine rings is 2. The molecule has 4 aliphatic carbocycles. The van der Waals surface area contributed by atoms with Gasteiger partial charge < -0.3 is 55.6 Å². The van der Waals surface area contributed by atoms with Crippen molar-refractivity contribution in [1.29, 1.82) is 0 Å². The second-order valence-electron chi connectivity index (χ2n) is 27.2. The van der Waals surface area contributed by atoms with Crippen molar-refractivity contribution >= 4 is 35.2 Å². The summed E-state index contributed by atoms with van der Waals surface area (Å²) in [5.74, 6) is -1.32. The number of aromatic hydroxyl groups is 1. The first-order valence-electron chi connectivity index (χ1n) is 33.1. The second-order valence-corrected chi connectivity index (χ2v) is 27.2. The summed E-state index contributed by atoms with van der Waals surface area (Å²) in [6.45, 7) is 8.85. The van der Waals surface area contributed by atoms with Crippen molar-refractivity contribution in [3.63, 3.8) is 0 Å². The van der Waals surface area contributed by atoms with Crippen LogP contribution in [0.5, 0.6) is 11.5 Å². The summed E-state index contributed by atoms with van der Waals surface area (Å²) < 4.78 is 48.0. The molecule has 3 saturated carbocycles. The number of halogens is 2. The third kappa shape index (κ3) is 14.2. The van der Waals surface area contributed by atoms with E-state index in [4.69, 9.17) is 14.2 Å². The van der Waals surface area contributed by atoms with E-state index in [1.807, 2.05) is 25.1 Å². The monoisotopic (exact) mass is 1220 g/mol. The molecule has 4 aliphatic heterocycles. The molecule has 1 aromatic heterocycles. The number of rotatable bonds is 30. The average molecular weight is 1230 g/mol. The number of likely N-dealkylation sites (tertiary alicyclic amines) is 1. The molecule has 7 N–H and O–H groups in total. The number of phenols is 1. The number of nitrogens with zero attached hydrogens (tertiary/aromatic N) is 5. The Bertz CT molecular complexity index is 2940. The van der Waals surface area contributed by atoms with Crippen LogP contribution in [-0.4, -0.2) is 165 Å². The first-order chi connectivity index (χ1) is 42.4. The molecule has 9 atom stereocenters. The lowest BCUT2D eigenvalue weighted by atomic mass is 9.48. The number of anilines is 1. The number of hydrogen-bond acceptors (Lipinski definition) is 14. The average Bonchev–Trinajstić information content (AvgIpc) is 1.35. The van der Waals surface area contributed by atoms with Gasteiger partial charge in [0, 0.05) is 86.3 Å². The third-order valence-corrected chi connectivity index (χ3v) is 20.9. The number of hydrogen-bond donors (Lipinski definition) is 7. The van der Waals surface area contributed by atoms with E-state index in [2.05, 4.69) is 65.0 Å². The van der Waals surface area contributed by atoms with Crippen molar-refractivity contribution in [2.75, 3.05) is 64.5 Å². The first-order valence-corrected chi connectivity index (χ1v) is 33.1. The minimum absolute atomic E-state index is 0.0475. The molecule has 5 heterocycles. The Labute approximate surface area is 516 Å². The molecule has 5 amide bonds. The van der Waals surface area contributed by atoms with E-state index in [9.17, 15) is 43.0 Å². The van der Waals surface area contributed by atoms with Crippen molar-refractivity contribution < 1.29 is 57.2 Å². The first kappa shape index (κ1) is 63.7. The molecule has 482 valence electrons. The number of amides is 5. The molecule has 1 spiro atoms. The predicted molar refractivity (Wildman–Crippen MR) is 325 cm³/mol. The SMILES string of the molecule is Cc1nnc(C(C)C)n1C1C[C@H]2CC[C@@H](C1)N2CC[C@H](NC(=O)C1CCC(F)(F)CC1)c1ccc(NC(=O)COCC(=O)NCCCCCCCCCNC(=O)COCC(=O)N[C@@H]2CC[C@@]3(O)[C@H]4Cc5ccc(O)c6c5[C@@]3(CCN4CC3CC3)[C@H]2O6)cc1. The van der Waals surface area contributed by atoms with Gasteiger partial charge in [-0.2, -0.15) is 0 Å². The van der Waals surface area contributed by atoms with Gasteiger partial charge in [-0.25, -0.2) is 8.78 Å². The normalized spacial score (nSPS) is 27.3. The van der Waals surface area contributed by atoms with E-state index in [0.717, 1.165) is 119 Å². The molecule has 3 saturated heterocycles. The lowest BCUT2D eigenvalue weighted by Gasteiger charge is -2.64. The Hall–Kier alpha value is -5.81. The van der Waals surface area contributed by atoms with E-state index < -0.39 is 40.9 Å². The Kier molecular flexibility index (Phi) is 20.1. The maximum Gasteiger partial charge on any atom is 0.250 e. The molecule has 20 nitrogen and oxygen atoms in total. The Morgan fingerprint density at radius 1 is 0.750 bits per heavy atom. The van der Waals surface area contributed by atoms with Crippen LogP contribution in [0.25, 0.3) is 0 Å². The molecular formula is C66H94F2N10O10. The Balaban J connectivity index is 0.524. The molecule has 8 aliphatic rings. The van der Waals surface area contributed by atoms with Crippen LogP contribution in [0.1, 0.15) is 195 Å². The molecular weight excluding hydrogens is 1130 g/mol. The molecule has 11 rings (SSSR count). The number of unbranched alkanes of at least 4 members (excludes halogenated alkanes) is 6. The lowest BCUT2D eigenvalue weighted by Crippen LogP contribution is -2.78. The maximum absolute atomic E-state index is 14.0. The van der Waals surface area contributed by atoms with Crippen molar-refractivity contribution in [3.05, 3.63) is 64.7 Å². The van der Waals surface area contributed by atoms with Gasteiger partial charge in [0.25, 0.3) is 0 Å². The topological polar surface area (TPSA) is 251 Å². The molecule has 0 radical (unpaired) electrons. The summed E-state index contributed by atoms with van der Waals surface area (Å²) in [7, 11) is 0. The molecule has 2 aromatic carbocycles. The predicted octanol–water partition coefficient (Wildman–Crippen LogP) is 7.34. The van der Waals surface area contributed by atoms with Crippen LogP contribution in [0.15, 0.2) is 36.4 Å². The third-order valence-electron chi connectivity index (χ3n) is 20.9. The number of benzene rings is 2. The van der Waals surface area contributed by atoms with Gasteiger partial charge in [-0.15, -0.1) is 10.2 Å². The summed E-state index contributed by atoms with van der Waals surface area (Å²) in [6, 6.07) is 11.3. The van der Waals surface area contributed by atoms with Crippen LogP contribution in [0.4, 0.5) is 14.5 Å². The van der Waals surface area contributed by atoms with Crippen LogP contribution in [0, 0.1) is 18.8 Å². The van der Waals surface area contributed by atoms with Crippen molar-refractivity contribution in [3.8, 4) is 11.5 Å². The zero-order chi connectivity index (χ0) is 61.7. The van der Waals surface area contributed by atoms with Gasteiger partial charge in [-0.3, -0.25) is 33.8 Å². The number of carbonyl (C=O) groups excluding carboxylic acids is 5. The van der Waals surface area contributed by atoms with Gasteiger partial charge >= 0.3 is 0 Å². The number of aromatic nitrogens is 3. The van der Waals surface area contributed by atoms with Crippen molar-refractivity contribution in [1.82, 2.24) is 45.8 Å². The Morgan fingerprint density at radius 3 is 2.03 bits per heavy atom. The smallest absolute Gasteiger partial charge is 0.250 e. The quantitative estimate of drug-likeness (QED) is 0.0323. The highest BCUT2D eigenvalue weighted by atomic mass is 19.3. The minimum atomic E-state index is -2.73. The number of aryl methyl sites for hydroxylation is 1. The number of ether oxygens (including phenoxy) is 3. The minimum Gasteiger partial charge on any atom is -0.504 e. The zero-order valence-corrected chi connectivity index (χ0v) is 51.8. The van der Waals surface area contributed by atoms with Gasteiger partial charge in [-0.05, 0) is 145 Å². The van der Waals surface area contributed by atoms with Crippen molar-refractivity contribution in [2.24, 2.45) is 11.8 Å². The van der Waals surface area contributed by atoms with Crippen LogP contribution >= 0.6 is 0 Å². The number of alkyl halides is 2. The number of fused-ring (bicyclic) bond motifs is 2. The van der Waals surface area contributed by atoms with E-state index in [-0.39, 0.29) is 99.5 Å². The number of nitrogens with one attached hydrogen (secondary N) is 5. The van der Waals surface area contributed by atoms with Gasteiger partial charge in [0.2, 0.25) is 35.5 Å². The fourth-order valence-electron chi connectivity index (χ4n) is 16.3. The molecule has 88 heavy (non-hydrogen) atoms. The lowest BCUT2D eigenvalue weighted by molar-refractivity contribution is -0.192. The highest BCUT2D eigenvalue weighted by molar-refractivity contribution is 5.92. The number of phenolic OH excluding ortho intramolecular Hbond substituents is 1. The van der Waals surface area contributed by atoms with Crippen LogP contribution in [-0.2, 0) is 45.3 Å². The van der Waals surface area contributed by atoms with Gasteiger partial charge in [0.15, 0.2) is 11.5 Å². The molecule has 4 bridgehead atoms. The fourth-order valence-corrected chi connectivity index (χ4v) is 16.3. The second kappa shape index (κ2) is 27.7. The highest BCUT2D eigenvalue weighted by Gasteiger charge is 2.73. The highest BCUT2D eigenvalue weighted by Crippen LogP contribution is 2.65.